The summed E-state index contributed by atoms with van der Waals surface area (Å²) in [6, 6.07) is 3.79. The molecule has 3 heteroatoms. The van der Waals surface area contributed by atoms with E-state index in [0.717, 1.165) is 25.5 Å². The Bertz CT molecular complexity index is 306. The first-order chi connectivity index (χ1) is 6.27. The van der Waals surface area contributed by atoms with E-state index in [1.165, 1.54) is 12.1 Å². The number of benzene rings is 1. The highest BCUT2D eigenvalue weighted by molar-refractivity contribution is 5.21. The summed E-state index contributed by atoms with van der Waals surface area (Å²) in [5, 5.41) is 2.07. The third-order valence-corrected chi connectivity index (χ3v) is 2.53. The Morgan fingerprint density at radius 2 is 2.15 bits per heavy atom. The second-order valence-corrected chi connectivity index (χ2v) is 3.44. The van der Waals surface area contributed by atoms with Crippen molar-refractivity contribution in [3.05, 3.63) is 35.4 Å². The maximum absolute atomic E-state index is 13.2. The zero-order valence-corrected chi connectivity index (χ0v) is 7.26. The van der Waals surface area contributed by atoms with Gasteiger partial charge in [-0.05, 0) is 18.2 Å². The van der Waals surface area contributed by atoms with Gasteiger partial charge in [-0.25, -0.2) is 8.78 Å². The molecule has 0 saturated carbocycles. The van der Waals surface area contributed by atoms with E-state index in [1.54, 1.807) is 0 Å². The molecule has 0 spiro atoms. The normalized spacial score (nSPS) is 22.2. The van der Waals surface area contributed by atoms with Crippen LogP contribution in [0.4, 0.5) is 8.78 Å². The zero-order chi connectivity index (χ0) is 9.26. The first kappa shape index (κ1) is 8.63. The Morgan fingerprint density at radius 1 is 1.31 bits per heavy atom. The van der Waals surface area contributed by atoms with Crippen LogP contribution >= 0.6 is 0 Å². The van der Waals surface area contributed by atoms with Gasteiger partial charge < -0.3 is 5.32 Å². The summed E-state index contributed by atoms with van der Waals surface area (Å²) >= 11 is 0. The smallest absolute Gasteiger partial charge is 0.132 e. The number of hydrogen-bond acceptors (Lipinski definition) is 0. The van der Waals surface area contributed by atoms with Gasteiger partial charge in [0, 0.05) is 18.4 Å². The van der Waals surface area contributed by atoms with Crippen LogP contribution in [-0.2, 0) is 0 Å². The highest BCUT2D eigenvalue weighted by Gasteiger charge is 2.23. The minimum absolute atomic E-state index is 0.121. The van der Waals surface area contributed by atoms with E-state index in [4.69, 9.17) is 0 Å². The van der Waals surface area contributed by atoms with Gasteiger partial charge in [0.2, 0.25) is 0 Å². The molecular formula is C10H12F2N+. The summed E-state index contributed by atoms with van der Waals surface area (Å²) in [6.07, 6.45) is 2.03. The molecule has 0 bridgehead atoms. The molecule has 0 unspecified atom stereocenters. The minimum atomic E-state index is -0.350. The van der Waals surface area contributed by atoms with Crippen molar-refractivity contribution in [2.75, 3.05) is 6.54 Å². The molecular weight excluding hydrogens is 172 g/mol. The third-order valence-electron chi connectivity index (χ3n) is 2.53. The maximum Gasteiger partial charge on any atom is 0.132 e. The largest absolute Gasteiger partial charge is 0.340 e. The van der Waals surface area contributed by atoms with E-state index in [2.05, 4.69) is 5.32 Å². The predicted molar refractivity (Wildman–Crippen MR) is 45.1 cm³/mol. The van der Waals surface area contributed by atoms with Crippen molar-refractivity contribution in [1.29, 1.82) is 0 Å². The highest BCUT2D eigenvalue weighted by Crippen LogP contribution is 2.21. The fourth-order valence-corrected chi connectivity index (χ4v) is 1.86. The van der Waals surface area contributed by atoms with Gasteiger partial charge in [0.1, 0.15) is 17.7 Å². The monoisotopic (exact) mass is 184 g/mol. The van der Waals surface area contributed by atoms with Crippen LogP contribution in [-0.4, -0.2) is 6.54 Å². The summed E-state index contributed by atoms with van der Waals surface area (Å²) in [5.41, 5.74) is 0.512. The van der Waals surface area contributed by atoms with Gasteiger partial charge >= 0.3 is 0 Å². The molecule has 1 nitrogen and oxygen atoms in total. The first-order valence-electron chi connectivity index (χ1n) is 4.55. The number of rotatable bonds is 1. The van der Waals surface area contributed by atoms with Crippen LogP contribution in [0.2, 0.25) is 0 Å². The minimum Gasteiger partial charge on any atom is -0.340 e. The molecule has 1 heterocycles. The van der Waals surface area contributed by atoms with Crippen LogP contribution in [0.15, 0.2) is 18.2 Å². The summed E-state index contributed by atoms with van der Waals surface area (Å²) < 4.78 is 26.1. The number of halogens is 2. The van der Waals surface area contributed by atoms with Crippen LogP contribution in [0.1, 0.15) is 24.4 Å². The summed E-state index contributed by atoms with van der Waals surface area (Å²) in [4.78, 5) is 0. The van der Waals surface area contributed by atoms with E-state index in [0.29, 0.717) is 5.56 Å². The van der Waals surface area contributed by atoms with Gasteiger partial charge in [-0.3, -0.25) is 0 Å². The van der Waals surface area contributed by atoms with Crippen LogP contribution in [0.3, 0.4) is 0 Å². The fraction of sp³-hybridized carbons (Fsp3) is 0.400. The van der Waals surface area contributed by atoms with Crippen molar-refractivity contribution in [3.8, 4) is 0 Å². The van der Waals surface area contributed by atoms with Crippen molar-refractivity contribution in [3.63, 3.8) is 0 Å². The topological polar surface area (TPSA) is 16.6 Å². The van der Waals surface area contributed by atoms with Gasteiger partial charge in [-0.15, -0.1) is 0 Å². The number of quaternary nitrogens is 1. The second kappa shape index (κ2) is 3.42. The van der Waals surface area contributed by atoms with E-state index in [9.17, 15) is 8.78 Å². The zero-order valence-electron chi connectivity index (χ0n) is 7.26. The molecule has 1 saturated heterocycles. The SMILES string of the molecule is Fc1ccc(F)c([C@H]2CCC[NH2+]2)c1. The van der Waals surface area contributed by atoms with Crippen LogP contribution in [0.25, 0.3) is 0 Å². The number of hydrogen-bond donors (Lipinski definition) is 1. The average Bonchev–Trinajstić information content (AvgIpc) is 2.61. The molecule has 2 N–H and O–H groups in total. The van der Waals surface area contributed by atoms with Gasteiger partial charge in [0.25, 0.3) is 0 Å². The van der Waals surface area contributed by atoms with E-state index in [-0.39, 0.29) is 17.7 Å². The van der Waals surface area contributed by atoms with Gasteiger partial charge in [0.05, 0.1) is 6.54 Å². The van der Waals surface area contributed by atoms with Crippen LogP contribution < -0.4 is 5.32 Å². The predicted octanol–water partition coefficient (Wildman–Crippen LogP) is 1.36. The van der Waals surface area contributed by atoms with Crippen molar-refractivity contribution in [2.45, 2.75) is 18.9 Å². The summed E-state index contributed by atoms with van der Waals surface area (Å²) in [5.74, 6) is -0.638. The maximum atomic E-state index is 13.2. The fourth-order valence-electron chi connectivity index (χ4n) is 1.86. The molecule has 0 amide bonds. The molecule has 70 valence electrons. The average molecular weight is 184 g/mol. The lowest BCUT2D eigenvalue weighted by Gasteiger charge is -2.08. The Morgan fingerprint density at radius 3 is 2.85 bits per heavy atom. The van der Waals surface area contributed by atoms with E-state index < -0.39 is 0 Å². The molecule has 1 aromatic rings. The quantitative estimate of drug-likeness (QED) is 0.678. The standard InChI is InChI=1S/C10H11F2N/c11-7-3-4-9(12)8(6-7)10-2-1-5-13-10/h3-4,6,10,13H,1-2,5H2/p+1/t10-/m1/s1. The van der Waals surface area contributed by atoms with Gasteiger partial charge in [-0.2, -0.15) is 0 Å². The lowest BCUT2D eigenvalue weighted by atomic mass is 10.0. The number of nitrogens with two attached hydrogens (primary N) is 1. The molecule has 0 aromatic heterocycles. The van der Waals surface area contributed by atoms with E-state index in [1.807, 2.05) is 0 Å². The molecule has 13 heavy (non-hydrogen) atoms. The second-order valence-electron chi connectivity index (χ2n) is 3.44. The van der Waals surface area contributed by atoms with Crippen molar-refractivity contribution >= 4 is 0 Å². The molecule has 0 radical (unpaired) electrons. The Hall–Kier alpha value is -0.960. The summed E-state index contributed by atoms with van der Waals surface area (Å²) in [6.45, 7) is 1.01. The van der Waals surface area contributed by atoms with E-state index >= 15 is 0 Å². The molecule has 2 rings (SSSR count). The molecule has 1 aromatic carbocycles. The Labute approximate surface area is 75.8 Å². The Kier molecular flexibility index (Phi) is 2.27. The first-order valence-corrected chi connectivity index (χ1v) is 4.55. The molecule has 0 aliphatic carbocycles. The molecule has 1 aliphatic rings. The van der Waals surface area contributed by atoms with Gasteiger partial charge in [0.15, 0.2) is 0 Å². The molecule has 1 fully saturated rings. The van der Waals surface area contributed by atoms with Gasteiger partial charge in [-0.1, -0.05) is 0 Å². The van der Waals surface area contributed by atoms with Crippen molar-refractivity contribution < 1.29 is 14.1 Å². The molecule has 1 atom stereocenters. The summed E-state index contributed by atoms with van der Waals surface area (Å²) in [7, 11) is 0. The highest BCUT2D eigenvalue weighted by atomic mass is 19.1. The van der Waals surface area contributed by atoms with Crippen molar-refractivity contribution in [2.24, 2.45) is 0 Å². The Balaban J connectivity index is 2.32. The third kappa shape index (κ3) is 1.70. The van der Waals surface area contributed by atoms with Crippen molar-refractivity contribution in [1.82, 2.24) is 0 Å². The van der Waals surface area contributed by atoms with Crippen LogP contribution in [0.5, 0.6) is 0 Å². The van der Waals surface area contributed by atoms with Crippen LogP contribution in [0, 0.1) is 11.6 Å². The lowest BCUT2D eigenvalue weighted by molar-refractivity contribution is -0.676. The molecule has 1 aliphatic heterocycles. The lowest BCUT2D eigenvalue weighted by Crippen LogP contribution is -2.81.